The van der Waals surface area contributed by atoms with Crippen LogP contribution in [0.1, 0.15) is 13.0 Å². The van der Waals surface area contributed by atoms with E-state index in [-0.39, 0.29) is 5.91 Å². The molecule has 0 aliphatic carbocycles. The first-order valence-corrected chi connectivity index (χ1v) is 7.32. The lowest BCUT2D eigenvalue weighted by molar-refractivity contribution is -0.118. The number of fused-ring (bicyclic) bond motifs is 1. The summed E-state index contributed by atoms with van der Waals surface area (Å²) in [6.45, 7) is 1.75. The van der Waals surface area contributed by atoms with Gasteiger partial charge in [-0.05, 0) is 13.0 Å². The van der Waals surface area contributed by atoms with Crippen molar-refractivity contribution >= 4 is 32.6 Å². The van der Waals surface area contributed by atoms with Crippen LogP contribution in [0.4, 0.5) is 9.52 Å². The number of imidazole rings is 1. The normalized spacial score (nSPS) is 12.3. The first-order chi connectivity index (χ1) is 10.6. The van der Waals surface area contributed by atoms with Gasteiger partial charge in [-0.25, -0.2) is 14.4 Å². The number of thiazole rings is 1. The smallest absolute Gasteiger partial charge is 0.248 e. The fourth-order valence-electron chi connectivity index (χ4n) is 2.02. The van der Waals surface area contributed by atoms with E-state index in [1.807, 2.05) is 0 Å². The lowest BCUT2D eigenvalue weighted by atomic mass is 10.3. The maximum absolute atomic E-state index is 13.5. The minimum Gasteiger partial charge on any atom is -0.494 e. The number of nitrogens with one attached hydrogen (secondary N) is 1. The molecule has 1 N–H and O–H groups in total. The van der Waals surface area contributed by atoms with E-state index >= 15 is 0 Å². The zero-order valence-electron chi connectivity index (χ0n) is 11.9. The number of carbonyl (C=O) groups excluding carboxylic acids is 1. The molecule has 0 saturated carbocycles. The minimum atomic E-state index is -0.423. The molecule has 1 atom stereocenters. The summed E-state index contributed by atoms with van der Waals surface area (Å²) in [5.74, 6) is -0.288. The molecule has 2 aromatic heterocycles. The number of methoxy groups -OCH3 is 1. The summed E-state index contributed by atoms with van der Waals surface area (Å²) in [5, 5.41) is 3.13. The SMILES string of the molecule is COc1cc(F)cc2sc(NC(=O)[C@H](C)n3ccnc3)nc12. The average molecular weight is 320 g/mol. The molecule has 6 nitrogen and oxygen atoms in total. The number of nitrogens with zero attached hydrogens (tertiary/aromatic N) is 3. The highest BCUT2D eigenvalue weighted by molar-refractivity contribution is 7.22. The van der Waals surface area contributed by atoms with Crippen molar-refractivity contribution in [1.82, 2.24) is 14.5 Å². The Morgan fingerprint density at radius 2 is 2.32 bits per heavy atom. The quantitative estimate of drug-likeness (QED) is 0.802. The molecule has 1 amide bonds. The molecule has 22 heavy (non-hydrogen) atoms. The van der Waals surface area contributed by atoms with Crippen LogP contribution in [0.15, 0.2) is 30.9 Å². The third-order valence-electron chi connectivity index (χ3n) is 3.23. The maximum Gasteiger partial charge on any atom is 0.248 e. The Morgan fingerprint density at radius 1 is 1.50 bits per heavy atom. The van der Waals surface area contributed by atoms with E-state index in [1.54, 1.807) is 30.2 Å². The van der Waals surface area contributed by atoms with Crippen molar-refractivity contribution in [2.75, 3.05) is 12.4 Å². The van der Waals surface area contributed by atoms with Gasteiger partial charge in [-0.15, -0.1) is 0 Å². The number of halogens is 1. The first kappa shape index (κ1) is 14.5. The molecule has 3 aromatic rings. The summed E-state index contributed by atoms with van der Waals surface area (Å²) >= 11 is 1.20. The van der Waals surface area contributed by atoms with Gasteiger partial charge < -0.3 is 14.6 Å². The fraction of sp³-hybridized carbons (Fsp3) is 0.214. The minimum absolute atomic E-state index is 0.225. The Labute approximate surface area is 129 Å². The number of hydrogen-bond donors (Lipinski definition) is 1. The van der Waals surface area contributed by atoms with Gasteiger partial charge in [0.05, 0.1) is 18.1 Å². The third-order valence-corrected chi connectivity index (χ3v) is 4.14. The Hall–Kier alpha value is -2.48. The van der Waals surface area contributed by atoms with E-state index in [0.717, 1.165) is 0 Å². The van der Waals surface area contributed by atoms with E-state index in [4.69, 9.17) is 4.74 Å². The second-order valence-electron chi connectivity index (χ2n) is 4.65. The summed E-state index contributed by atoms with van der Waals surface area (Å²) < 4.78 is 20.9. The predicted octanol–water partition coefficient (Wildman–Crippen LogP) is 2.84. The van der Waals surface area contributed by atoms with Gasteiger partial charge >= 0.3 is 0 Å². The van der Waals surface area contributed by atoms with E-state index in [0.29, 0.717) is 21.1 Å². The van der Waals surface area contributed by atoms with E-state index in [2.05, 4.69) is 15.3 Å². The number of carbonyl (C=O) groups is 1. The van der Waals surface area contributed by atoms with E-state index < -0.39 is 11.9 Å². The lowest BCUT2D eigenvalue weighted by Gasteiger charge is -2.11. The molecule has 0 bridgehead atoms. The Balaban J connectivity index is 1.86. The van der Waals surface area contributed by atoms with Crippen LogP contribution in [0.3, 0.4) is 0 Å². The van der Waals surface area contributed by atoms with Crippen LogP contribution in [0, 0.1) is 5.82 Å². The van der Waals surface area contributed by atoms with Crippen molar-refractivity contribution in [3.63, 3.8) is 0 Å². The van der Waals surface area contributed by atoms with Crippen molar-refractivity contribution in [1.29, 1.82) is 0 Å². The van der Waals surface area contributed by atoms with Gasteiger partial charge in [0.1, 0.15) is 23.1 Å². The number of anilines is 1. The van der Waals surface area contributed by atoms with Gasteiger partial charge in [0, 0.05) is 18.5 Å². The summed E-state index contributed by atoms with van der Waals surface area (Å²) in [7, 11) is 1.45. The van der Waals surface area contributed by atoms with Gasteiger partial charge in [-0.1, -0.05) is 11.3 Å². The molecular formula is C14H13FN4O2S. The van der Waals surface area contributed by atoms with Crippen molar-refractivity contribution < 1.29 is 13.9 Å². The third kappa shape index (κ3) is 2.64. The van der Waals surface area contributed by atoms with Crippen LogP contribution < -0.4 is 10.1 Å². The van der Waals surface area contributed by atoms with E-state index in [9.17, 15) is 9.18 Å². The Morgan fingerprint density at radius 3 is 3.00 bits per heavy atom. The maximum atomic E-state index is 13.5. The highest BCUT2D eigenvalue weighted by atomic mass is 32.1. The molecule has 3 rings (SSSR count). The molecule has 2 heterocycles. The zero-order valence-corrected chi connectivity index (χ0v) is 12.7. The van der Waals surface area contributed by atoms with Crippen molar-refractivity contribution in [3.05, 3.63) is 36.7 Å². The van der Waals surface area contributed by atoms with Crippen molar-refractivity contribution in [2.24, 2.45) is 0 Å². The van der Waals surface area contributed by atoms with Crippen LogP contribution in [0.2, 0.25) is 0 Å². The molecule has 0 radical (unpaired) electrons. The van der Waals surface area contributed by atoms with Crippen LogP contribution >= 0.6 is 11.3 Å². The molecule has 0 fully saturated rings. The lowest BCUT2D eigenvalue weighted by Crippen LogP contribution is -2.22. The predicted molar refractivity (Wildman–Crippen MR) is 81.7 cm³/mol. The Kier molecular flexibility index (Phi) is 3.76. The van der Waals surface area contributed by atoms with E-state index in [1.165, 1.54) is 30.6 Å². The second kappa shape index (κ2) is 5.72. The number of rotatable bonds is 4. The van der Waals surface area contributed by atoms with Crippen molar-refractivity contribution in [2.45, 2.75) is 13.0 Å². The molecular weight excluding hydrogens is 307 g/mol. The molecule has 0 aliphatic heterocycles. The molecule has 0 spiro atoms. The topological polar surface area (TPSA) is 69.0 Å². The molecule has 0 unspecified atom stereocenters. The summed E-state index contributed by atoms with van der Waals surface area (Å²) in [6, 6.07) is 2.21. The van der Waals surface area contributed by atoms with Crippen LogP contribution in [0.5, 0.6) is 5.75 Å². The molecule has 114 valence electrons. The fourth-order valence-corrected chi connectivity index (χ4v) is 2.93. The zero-order chi connectivity index (χ0) is 15.7. The van der Waals surface area contributed by atoms with Crippen LogP contribution in [-0.4, -0.2) is 27.6 Å². The summed E-state index contributed by atoms with van der Waals surface area (Å²) in [6.07, 6.45) is 4.89. The average Bonchev–Trinajstić information content (AvgIpc) is 3.14. The molecule has 0 aliphatic rings. The highest BCUT2D eigenvalue weighted by Crippen LogP contribution is 2.33. The number of amides is 1. The number of hydrogen-bond acceptors (Lipinski definition) is 5. The van der Waals surface area contributed by atoms with Gasteiger partial charge in [-0.3, -0.25) is 4.79 Å². The number of aromatic nitrogens is 3. The summed E-state index contributed by atoms with van der Waals surface area (Å²) in [5.41, 5.74) is 0.527. The molecule has 8 heteroatoms. The van der Waals surface area contributed by atoms with Crippen LogP contribution in [0.25, 0.3) is 10.2 Å². The van der Waals surface area contributed by atoms with Gasteiger partial charge in [0.2, 0.25) is 5.91 Å². The standard InChI is InChI=1S/C14H13FN4O2S/c1-8(19-4-3-16-7-19)13(20)18-14-17-12-10(21-2)5-9(15)6-11(12)22-14/h3-8H,1-2H3,(H,17,18,20)/t8-/m0/s1. The van der Waals surface area contributed by atoms with Crippen LogP contribution in [-0.2, 0) is 4.79 Å². The molecule has 0 saturated heterocycles. The van der Waals surface area contributed by atoms with Gasteiger partial charge in [0.15, 0.2) is 5.13 Å². The highest BCUT2D eigenvalue weighted by Gasteiger charge is 2.17. The monoisotopic (exact) mass is 320 g/mol. The number of ether oxygens (including phenoxy) is 1. The first-order valence-electron chi connectivity index (χ1n) is 6.51. The van der Waals surface area contributed by atoms with Crippen molar-refractivity contribution in [3.8, 4) is 5.75 Å². The number of benzene rings is 1. The molecule has 1 aromatic carbocycles. The van der Waals surface area contributed by atoms with Gasteiger partial charge in [-0.2, -0.15) is 0 Å². The Bertz CT molecular complexity index is 816. The summed E-state index contributed by atoms with van der Waals surface area (Å²) in [4.78, 5) is 20.4. The second-order valence-corrected chi connectivity index (χ2v) is 5.68. The largest absolute Gasteiger partial charge is 0.494 e. The van der Waals surface area contributed by atoms with Gasteiger partial charge in [0.25, 0.3) is 0 Å².